The Hall–Kier alpha value is -1.87. The molecule has 0 aliphatic heterocycles. The number of H-pyrrole nitrogens is 1. The van der Waals surface area contributed by atoms with E-state index in [1.807, 2.05) is 54.9 Å². The number of nitrogens with one attached hydrogen (secondary N) is 1. The quantitative estimate of drug-likeness (QED) is 0.703. The third-order valence-corrected chi connectivity index (χ3v) is 2.56. The van der Waals surface area contributed by atoms with Crippen LogP contribution in [0.25, 0.3) is 0 Å². The molecule has 1 amide bonds. The second-order valence-corrected chi connectivity index (χ2v) is 3.85. The largest absolute Gasteiger partial charge is 1.00 e. The first kappa shape index (κ1) is 14.2. The number of carbonyl (C=O) groups is 1. The van der Waals surface area contributed by atoms with Gasteiger partial charge < -0.3 is 17.3 Å². The summed E-state index contributed by atoms with van der Waals surface area (Å²) in [5.74, 6) is 0.0417. The number of para-hydroxylation sites is 1. The molecule has 3 nitrogen and oxygen atoms in total. The van der Waals surface area contributed by atoms with E-state index in [-0.39, 0.29) is 18.3 Å². The van der Waals surface area contributed by atoms with Gasteiger partial charge in [0.05, 0.1) is 6.54 Å². The number of amides is 1. The van der Waals surface area contributed by atoms with Gasteiger partial charge in [-0.15, -0.1) is 0 Å². The fourth-order valence-corrected chi connectivity index (χ4v) is 1.70. The third-order valence-electron chi connectivity index (χ3n) is 2.56. The van der Waals surface area contributed by atoms with Crippen molar-refractivity contribution in [1.82, 2.24) is 0 Å². The predicted molar refractivity (Wildman–Crippen MR) is 66.3 cm³/mol. The molecule has 0 fully saturated rings. The second kappa shape index (κ2) is 6.77. The number of rotatable bonds is 3. The smallest absolute Gasteiger partial charge is 0.224 e. The molecule has 0 bridgehead atoms. The molecular formula is C14H15ClN2O. The van der Waals surface area contributed by atoms with Gasteiger partial charge in [0.15, 0.2) is 12.4 Å². The van der Waals surface area contributed by atoms with Gasteiger partial charge in [-0.3, -0.25) is 4.79 Å². The SMILES string of the molecule is CC(=O)N(Cc1ccc[nH+]c1)c1ccccc1.[Cl-]. The van der Waals surface area contributed by atoms with Gasteiger partial charge >= 0.3 is 0 Å². The Morgan fingerprint density at radius 3 is 2.44 bits per heavy atom. The van der Waals surface area contributed by atoms with Crippen LogP contribution < -0.4 is 22.3 Å². The van der Waals surface area contributed by atoms with Crippen molar-refractivity contribution in [2.45, 2.75) is 13.5 Å². The van der Waals surface area contributed by atoms with Crippen LogP contribution >= 0.6 is 0 Å². The van der Waals surface area contributed by atoms with Crippen LogP contribution in [-0.4, -0.2) is 5.91 Å². The van der Waals surface area contributed by atoms with Crippen LogP contribution in [0.1, 0.15) is 12.5 Å². The summed E-state index contributed by atoms with van der Waals surface area (Å²) in [4.78, 5) is 16.4. The number of hydrogen-bond donors (Lipinski definition) is 0. The summed E-state index contributed by atoms with van der Waals surface area (Å²) in [6.45, 7) is 2.16. The number of nitrogens with zero attached hydrogens (tertiary/aromatic N) is 1. The van der Waals surface area contributed by atoms with Crippen molar-refractivity contribution in [3.8, 4) is 0 Å². The zero-order valence-electron chi connectivity index (χ0n) is 10.1. The highest BCUT2D eigenvalue weighted by Crippen LogP contribution is 2.16. The van der Waals surface area contributed by atoms with Crippen molar-refractivity contribution in [3.05, 3.63) is 60.4 Å². The molecule has 1 aromatic carbocycles. The normalized spacial score (nSPS) is 9.39. The Balaban J connectivity index is 0.00000162. The second-order valence-electron chi connectivity index (χ2n) is 3.85. The summed E-state index contributed by atoms with van der Waals surface area (Å²) >= 11 is 0. The van der Waals surface area contributed by atoms with Crippen molar-refractivity contribution >= 4 is 11.6 Å². The molecule has 0 aliphatic rings. The van der Waals surface area contributed by atoms with Crippen molar-refractivity contribution in [2.75, 3.05) is 4.90 Å². The topological polar surface area (TPSA) is 34.5 Å². The molecule has 2 rings (SSSR count). The number of aromatic amines is 1. The maximum absolute atomic E-state index is 11.7. The van der Waals surface area contributed by atoms with Gasteiger partial charge in [-0.2, -0.15) is 0 Å². The minimum atomic E-state index is 0. The van der Waals surface area contributed by atoms with Crippen LogP contribution in [0.15, 0.2) is 54.9 Å². The van der Waals surface area contributed by atoms with E-state index in [9.17, 15) is 4.79 Å². The summed E-state index contributed by atoms with van der Waals surface area (Å²) in [6.07, 6.45) is 3.75. The average molecular weight is 263 g/mol. The molecule has 0 spiro atoms. The van der Waals surface area contributed by atoms with E-state index in [1.165, 1.54) is 0 Å². The number of halogens is 1. The molecule has 1 aromatic heterocycles. The third kappa shape index (κ3) is 3.57. The number of aromatic nitrogens is 1. The summed E-state index contributed by atoms with van der Waals surface area (Å²) in [5, 5.41) is 0. The van der Waals surface area contributed by atoms with E-state index in [4.69, 9.17) is 0 Å². The van der Waals surface area contributed by atoms with Gasteiger partial charge in [0.25, 0.3) is 0 Å². The van der Waals surface area contributed by atoms with Gasteiger partial charge in [-0.25, -0.2) is 4.98 Å². The zero-order valence-corrected chi connectivity index (χ0v) is 10.9. The molecule has 0 unspecified atom stereocenters. The van der Waals surface area contributed by atoms with E-state index >= 15 is 0 Å². The van der Waals surface area contributed by atoms with Crippen LogP contribution in [-0.2, 0) is 11.3 Å². The first-order valence-corrected chi connectivity index (χ1v) is 5.55. The Morgan fingerprint density at radius 2 is 1.89 bits per heavy atom. The summed E-state index contributed by atoms with van der Waals surface area (Å²) < 4.78 is 0. The van der Waals surface area contributed by atoms with E-state index in [0.29, 0.717) is 6.54 Å². The first-order chi connectivity index (χ1) is 8.27. The molecule has 18 heavy (non-hydrogen) atoms. The minimum absolute atomic E-state index is 0. The minimum Gasteiger partial charge on any atom is -1.00 e. The fourth-order valence-electron chi connectivity index (χ4n) is 1.70. The van der Waals surface area contributed by atoms with Crippen LogP contribution in [0.4, 0.5) is 5.69 Å². The Labute approximate surface area is 113 Å². The number of hydrogen-bond acceptors (Lipinski definition) is 1. The van der Waals surface area contributed by atoms with E-state index in [1.54, 1.807) is 11.8 Å². The van der Waals surface area contributed by atoms with Gasteiger partial charge in [-0.05, 0) is 18.2 Å². The Morgan fingerprint density at radius 1 is 1.17 bits per heavy atom. The zero-order chi connectivity index (χ0) is 12.1. The van der Waals surface area contributed by atoms with E-state index < -0.39 is 0 Å². The molecule has 4 heteroatoms. The average Bonchev–Trinajstić information content (AvgIpc) is 2.38. The molecule has 2 aromatic rings. The molecule has 0 aliphatic carbocycles. The van der Waals surface area contributed by atoms with Crippen LogP contribution in [0.5, 0.6) is 0 Å². The van der Waals surface area contributed by atoms with Crippen molar-refractivity contribution < 1.29 is 22.2 Å². The Kier molecular flexibility index (Phi) is 5.33. The maximum Gasteiger partial charge on any atom is 0.224 e. The van der Waals surface area contributed by atoms with Crippen molar-refractivity contribution in [3.63, 3.8) is 0 Å². The molecule has 1 heterocycles. The molecule has 0 atom stereocenters. The molecule has 0 saturated carbocycles. The van der Waals surface area contributed by atoms with Gasteiger partial charge in [0.1, 0.15) is 0 Å². The molecule has 1 N–H and O–H groups in total. The van der Waals surface area contributed by atoms with Crippen LogP contribution in [0, 0.1) is 0 Å². The molecule has 0 saturated heterocycles. The molecule has 0 radical (unpaired) electrons. The van der Waals surface area contributed by atoms with Crippen LogP contribution in [0.2, 0.25) is 0 Å². The van der Waals surface area contributed by atoms with E-state index in [2.05, 4.69) is 4.98 Å². The number of benzene rings is 1. The number of pyridine rings is 1. The first-order valence-electron chi connectivity index (χ1n) is 5.55. The lowest BCUT2D eigenvalue weighted by Gasteiger charge is -2.20. The van der Waals surface area contributed by atoms with Gasteiger partial charge in [0, 0.05) is 24.2 Å². The molecular weight excluding hydrogens is 248 g/mol. The summed E-state index contributed by atoms with van der Waals surface area (Å²) in [6, 6.07) is 13.6. The highest BCUT2D eigenvalue weighted by molar-refractivity contribution is 5.91. The highest BCUT2D eigenvalue weighted by Gasteiger charge is 2.12. The maximum atomic E-state index is 11.7. The Bertz CT molecular complexity index is 488. The number of anilines is 1. The lowest BCUT2D eigenvalue weighted by Crippen LogP contribution is -3.00. The van der Waals surface area contributed by atoms with Crippen LogP contribution in [0.3, 0.4) is 0 Å². The highest BCUT2D eigenvalue weighted by atomic mass is 35.5. The predicted octanol–water partition coefficient (Wildman–Crippen LogP) is -0.942. The standard InChI is InChI=1S/C14H14N2O.ClH/c1-12(17)16(14-7-3-2-4-8-14)11-13-6-5-9-15-10-13;/h2-10H,11H2,1H3;1H. The lowest BCUT2D eigenvalue weighted by molar-refractivity contribution is -0.378. The van der Waals surface area contributed by atoms with Crippen molar-refractivity contribution in [2.24, 2.45) is 0 Å². The monoisotopic (exact) mass is 262 g/mol. The van der Waals surface area contributed by atoms with Gasteiger partial charge in [0.2, 0.25) is 5.91 Å². The molecule has 94 valence electrons. The van der Waals surface area contributed by atoms with Gasteiger partial charge in [-0.1, -0.05) is 18.2 Å². The number of carbonyl (C=O) groups excluding carboxylic acids is 1. The fraction of sp³-hybridized carbons (Fsp3) is 0.143. The lowest BCUT2D eigenvalue weighted by atomic mass is 10.2. The summed E-state index contributed by atoms with van der Waals surface area (Å²) in [5.41, 5.74) is 2.00. The van der Waals surface area contributed by atoms with E-state index in [0.717, 1.165) is 11.3 Å². The van der Waals surface area contributed by atoms with Crippen molar-refractivity contribution in [1.29, 1.82) is 0 Å². The summed E-state index contributed by atoms with van der Waals surface area (Å²) in [7, 11) is 0.